The van der Waals surface area contributed by atoms with Crippen molar-refractivity contribution in [2.45, 2.75) is 44.2 Å². The first-order chi connectivity index (χ1) is 11.1. The average molecular weight is 320 g/mol. The smallest absolute Gasteiger partial charge is 0.255 e. The van der Waals surface area contributed by atoms with Gasteiger partial charge in [0.15, 0.2) is 5.60 Å². The highest BCUT2D eigenvalue weighted by Gasteiger charge is 2.42. The second-order valence-electron chi connectivity index (χ2n) is 6.88. The number of nitrogens with zero attached hydrogens (tertiary/aromatic N) is 1. The zero-order valence-electron chi connectivity index (χ0n) is 13.4. The SMILES string of the molecule is O=C1N(CC2CCC2)CCCC1(O)CNCc1ccccc1F. The molecule has 0 bridgehead atoms. The van der Waals surface area contributed by atoms with Crippen LogP contribution >= 0.6 is 0 Å². The molecule has 3 rings (SSSR count). The van der Waals surface area contributed by atoms with Crippen LogP contribution in [-0.4, -0.2) is 41.1 Å². The molecule has 1 atom stereocenters. The fourth-order valence-electron chi connectivity index (χ4n) is 3.44. The molecular formula is C18H25FN2O2. The molecule has 1 aromatic rings. The summed E-state index contributed by atoms with van der Waals surface area (Å²) in [5.41, 5.74) is -0.807. The molecule has 1 heterocycles. The number of carbonyl (C=O) groups excluding carboxylic acids is 1. The number of piperidine rings is 1. The number of aliphatic hydroxyl groups is 1. The van der Waals surface area contributed by atoms with Crippen LogP contribution in [0.3, 0.4) is 0 Å². The van der Waals surface area contributed by atoms with Gasteiger partial charge in [0.1, 0.15) is 5.82 Å². The van der Waals surface area contributed by atoms with Gasteiger partial charge in [-0.1, -0.05) is 24.6 Å². The van der Waals surface area contributed by atoms with E-state index in [1.807, 2.05) is 4.90 Å². The third-order valence-electron chi connectivity index (χ3n) is 5.10. The first kappa shape index (κ1) is 16.4. The van der Waals surface area contributed by atoms with Crippen LogP contribution in [0, 0.1) is 11.7 Å². The summed E-state index contributed by atoms with van der Waals surface area (Å²) < 4.78 is 13.6. The molecule has 5 heteroatoms. The predicted octanol–water partition coefficient (Wildman–Crippen LogP) is 2.07. The third kappa shape index (κ3) is 3.72. The Morgan fingerprint density at radius 3 is 2.78 bits per heavy atom. The van der Waals surface area contributed by atoms with Gasteiger partial charge in [0.25, 0.3) is 5.91 Å². The van der Waals surface area contributed by atoms with Gasteiger partial charge in [-0.15, -0.1) is 0 Å². The van der Waals surface area contributed by atoms with Crippen LogP contribution in [0.25, 0.3) is 0 Å². The number of hydrogen-bond acceptors (Lipinski definition) is 3. The number of rotatable bonds is 6. The summed E-state index contributed by atoms with van der Waals surface area (Å²) in [6.45, 7) is 1.99. The molecule has 4 nitrogen and oxygen atoms in total. The number of hydrogen-bond donors (Lipinski definition) is 2. The number of carbonyl (C=O) groups is 1. The van der Waals surface area contributed by atoms with Gasteiger partial charge >= 0.3 is 0 Å². The Balaban J connectivity index is 1.54. The second kappa shape index (κ2) is 6.97. The number of likely N-dealkylation sites (tertiary alicyclic amines) is 1. The highest BCUT2D eigenvalue weighted by Crippen LogP contribution is 2.30. The van der Waals surface area contributed by atoms with Gasteiger partial charge in [0.05, 0.1) is 0 Å². The van der Waals surface area contributed by atoms with Gasteiger partial charge in [0, 0.05) is 31.7 Å². The molecule has 1 aliphatic heterocycles. The Morgan fingerprint density at radius 2 is 2.09 bits per heavy atom. The van der Waals surface area contributed by atoms with Crippen molar-refractivity contribution < 1.29 is 14.3 Å². The van der Waals surface area contributed by atoms with Gasteiger partial charge in [0.2, 0.25) is 0 Å². The van der Waals surface area contributed by atoms with Crippen molar-refractivity contribution in [3.8, 4) is 0 Å². The fraction of sp³-hybridized carbons (Fsp3) is 0.611. The molecule has 1 aliphatic carbocycles. The third-order valence-corrected chi connectivity index (χ3v) is 5.10. The molecule has 2 N–H and O–H groups in total. The molecule has 126 valence electrons. The number of amides is 1. The van der Waals surface area contributed by atoms with E-state index in [1.165, 1.54) is 25.3 Å². The number of benzene rings is 1. The summed E-state index contributed by atoms with van der Waals surface area (Å²) in [7, 11) is 0. The maximum Gasteiger partial charge on any atom is 0.255 e. The van der Waals surface area contributed by atoms with Crippen LogP contribution in [0.15, 0.2) is 24.3 Å². The Morgan fingerprint density at radius 1 is 1.30 bits per heavy atom. The van der Waals surface area contributed by atoms with E-state index in [-0.39, 0.29) is 18.3 Å². The van der Waals surface area contributed by atoms with Crippen LogP contribution in [0.5, 0.6) is 0 Å². The summed E-state index contributed by atoms with van der Waals surface area (Å²) >= 11 is 0. The van der Waals surface area contributed by atoms with E-state index in [2.05, 4.69) is 5.32 Å². The molecule has 2 fully saturated rings. The van der Waals surface area contributed by atoms with E-state index < -0.39 is 5.60 Å². The van der Waals surface area contributed by atoms with Gasteiger partial charge in [-0.05, 0) is 37.7 Å². The summed E-state index contributed by atoms with van der Waals surface area (Å²) in [6.07, 6.45) is 4.91. The Bertz CT molecular complexity index is 562. The summed E-state index contributed by atoms with van der Waals surface area (Å²) in [6, 6.07) is 6.55. The highest BCUT2D eigenvalue weighted by molar-refractivity contribution is 5.86. The van der Waals surface area contributed by atoms with Crippen LogP contribution in [0.2, 0.25) is 0 Å². The zero-order chi connectivity index (χ0) is 16.3. The second-order valence-corrected chi connectivity index (χ2v) is 6.88. The van der Waals surface area contributed by atoms with Crippen molar-refractivity contribution in [2.75, 3.05) is 19.6 Å². The predicted molar refractivity (Wildman–Crippen MR) is 86.2 cm³/mol. The van der Waals surface area contributed by atoms with Gasteiger partial charge in [-0.2, -0.15) is 0 Å². The van der Waals surface area contributed by atoms with Crippen molar-refractivity contribution in [1.82, 2.24) is 10.2 Å². The number of halogens is 1. The molecule has 1 aromatic carbocycles. The van der Waals surface area contributed by atoms with Gasteiger partial charge in [-0.3, -0.25) is 4.79 Å². The minimum Gasteiger partial charge on any atom is -0.379 e. The zero-order valence-corrected chi connectivity index (χ0v) is 13.4. The lowest BCUT2D eigenvalue weighted by molar-refractivity contribution is -0.157. The molecule has 0 aromatic heterocycles. The lowest BCUT2D eigenvalue weighted by atomic mass is 9.83. The van der Waals surface area contributed by atoms with Crippen molar-refractivity contribution in [3.05, 3.63) is 35.6 Å². The monoisotopic (exact) mass is 320 g/mol. The first-order valence-electron chi connectivity index (χ1n) is 8.54. The van der Waals surface area contributed by atoms with Gasteiger partial charge < -0.3 is 15.3 Å². The molecule has 1 unspecified atom stereocenters. The topological polar surface area (TPSA) is 52.6 Å². The molecule has 23 heavy (non-hydrogen) atoms. The molecule has 0 radical (unpaired) electrons. The Hall–Kier alpha value is -1.46. The van der Waals surface area contributed by atoms with Gasteiger partial charge in [-0.25, -0.2) is 4.39 Å². The van der Waals surface area contributed by atoms with E-state index in [1.54, 1.807) is 18.2 Å². The molecule has 1 saturated heterocycles. The minimum atomic E-state index is -1.35. The average Bonchev–Trinajstić information content (AvgIpc) is 2.49. The first-order valence-corrected chi connectivity index (χ1v) is 8.54. The van der Waals surface area contributed by atoms with Crippen molar-refractivity contribution in [3.63, 3.8) is 0 Å². The summed E-state index contributed by atoms with van der Waals surface area (Å²) in [5, 5.41) is 13.8. The maximum atomic E-state index is 13.6. The molecule has 1 amide bonds. The van der Waals surface area contributed by atoms with E-state index in [0.29, 0.717) is 24.4 Å². The lowest BCUT2D eigenvalue weighted by Gasteiger charge is -2.41. The normalized spacial score (nSPS) is 25.5. The van der Waals surface area contributed by atoms with E-state index in [4.69, 9.17) is 0 Å². The minimum absolute atomic E-state index is 0.168. The summed E-state index contributed by atoms with van der Waals surface area (Å²) in [4.78, 5) is 14.4. The van der Waals surface area contributed by atoms with Crippen LogP contribution < -0.4 is 5.32 Å². The van der Waals surface area contributed by atoms with Crippen LogP contribution in [0.4, 0.5) is 4.39 Å². The fourth-order valence-corrected chi connectivity index (χ4v) is 3.44. The van der Waals surface area contributed by atoms with Crippen molar-refractivity contribution >= 4 is 5.91 Å². The van der Waals surface area contributed by atoms with Crippen molar-refractivity contribution in [1.29, 1.82) is 0 Å². The van der Waals surface area contributed by atoms with Crippen LogP contribution in [-0.2, 0) is 11.3 Å². The van der Waals surface area contributed by atoms with Crippen LogP contribution in [0.1, 0.15) is 37.7 Å². The highest BCUT2D eigenvalue weighted by atomic mass is 19.1. The largest absolute Gasteiger partial charge is 0.379 e. The number of nitrogens with one attached hydrogen (secondary N) is 1. The molecule has 2 aliphatic rings. The Kier molecular flexibility index (Phi) is 4.97. The molecular weight excluding hydrogens is 295 g/mol. The van der Waals surface area contributed by atoms with E-state index in [9.17, 15) is 14.3 Å². The summed E-state index contributed by atoms with van der Waals surface area (Å²) in [5.74, 6) is 0.165. The van der Waals surface area contributed by atoms with Crippen molar-refractivity contribution in [2.24, 2.45) is 5.92 Å². The maximum absolute atomic E-state index is 13.6. The van der Waals surface area contributed by atoms with E-state index >= 15 is 0 Å². The molecule has 0 spiro atoms. The Labute approximate surface area is 136 Å². The molecule has 1 saturated carbocycles. The van der Waals surface area contributed by atoms with E-state index in [0.717, 1.165) is 19.5 Å². The lowest BCUT2D eigenvalue weighted by Crippen LogP contribution is -2.58. The standard InChI is InChI=1S/C18H25FN2O2/c19-16-8-2-1-7-15(16)11-20-13-18(23)9-4-10-21(17(18)22)12-14-5-3-6-14/h1-2,7-8,14,20,23H,3-6,9-13H2. The quantitative estimate of drug-likeness (QED) is 0.844.